The lowest BCUT2D eigenvalue weighted by atomic mass is 9.97. The maximum Gasteiger partial charge on any atom is 0.166 e. The molecule has 0 radical (unpaired) electrons. The Kier molecular flexibility index (Phi) is 4.12. The monoisotopic (exact) mass is 371 g/mol. The number of benzene rings is 1. The molecule has 1 atom stereocenters. The lowest BCUT2D eigenvalue weighted by Gasteiger charge is -2.33. The lowest BCUT2D eigenvalue weighted by Crippen LogP contribution is -2.35. The number of aromatic nitrogens is 5. The molecule has 1 unspecified atom stereocenters. The largest absolute Gasteiger partial charge is 0.384 e. The smallest absolute Gasteiger partial charge is 0.166 e. The highest BCUT2D eigenvalue weighted by Crippen LogP contribution is 2.31. The van der Waals surface area contributed by atoms with Gasteiger partial charge in [0.25, 0.3) is 0 Å². The van der Waals surface area contributed by atoms with Gasteiger partial charge in [-0.05, 0) is 30.5 Å². The summed E-state index contributed by atoms with van der Waals surface area (Å²) in [5.41, 5.74) is 8.65. The summed E-state index contributed by atoms with van der Waals surface area (Å²) in [7, 11) is 0. The number of anilines is 2. The van der Waals surface area contributed by atoms with Crippen molar-refractivity contribution in [1.29, 1.82) is 0 Å². The topological polar surface area (TPSA) is 96.6 Å². The van der Waals surface area contributed by atoms with Gasteiger partial charge in [-0.25, -0.2) is 19.9 Å². The number of pyridine rings is 1. The number of hydrogen-bond acceptors (Lipinski definition) is 6. The number of piperidine rings is 1. The van der Waals surface area contributed by atoms with Crippen LogP contribution in [0.5, 0.6) is 0 Å². The van der Waals surface area contributed by atoms with Crippen LogP contribution in [0, 0.1) is 0 Å². The van der Waals surface area contributed by atoms with Crippen molar-refractivity contribution in [2.24, 2.45) is 0 Å². The van der Waals surface area contributed by atoms with Crippen LogP contribution in [0.1, 0.15) is 24.6 Å². The van der Waals surface area contributed by atoms with Gasteiger partial charge < -0.3 is 15.6 Å². The summed E-state index contributed by atoms with van der Waals surface area (Å²) < 4.78 is 0. The van der Waals surface area contributed by atoms with E-state index in [0.29, 0.717) is 17.4 Å². The number of imidazole rings is 1. The molecule has 3 aromatic heterocycles. The third-order valence-corrected chi connectivity index (χ3v) is 5.29. The zero-order valence-corrected chi connectivity index (χ0v) is 15.4. The molecule has 4 aromatic rings. The van der Waals surface area contributed by atoms with Crippen LogP contribution >= 0.6 is 0 Å². The Morgan fingerprint density at radius 2 is 1.93 bits per heavy atom. The number of nitrogens with one attached hydrogen (secondary N) is 1. The summed E-state index contributed by atoms with van der Waals surface area (Å²) in [5.74, 6) is 2.75. The molecule has 1 saturated heterocycles. The van der Waals surface area contributed by atoms with Crippen molar-refractivity contribution in [3.05, 3.63) is 60.8 Å². The van der Waals surface area contributed by atoms with E-state index in [2.05, 4.69) is 42.0 Å². The second kappa shape index (κ2) is 6.92. The van der Waals surface area contributed by atoms with E-state index in [1.807, 2.05) is 30.5 Å². The standard InChI is InChI=1S/C21H21N7/c22-18-9-8-16-20(27-18)24-13-25-21(16)28-10-4-7-15(12-28)19-23-11-17(26-19)14-5-2-1-3-6-14/h1-3,5-6,8-9,11,13,15H,4,7,10,12H2,(H,23,26)(H2,22,24,25,27). The van der Waals surface area contributed by atoms with Gasteiger partial charge in [-0.2, -0.15) is 0 Å². The van der Waals surface area contributed by atoms with Crippen molar-refractivity contribution in [2.75, 3.05) is 23.7 Å². The predicted octanol–water partition coefficient (Wildman–Crippen LogP) is 3.38. The van der Waals surface area contributed by atoms with Gasteiger partial charge in [-0.1, -0.05) is 30.3 Å². The quantitative estimate of drug-likeness (QED) is 0.573. The molecule has 3 N–H and O–H groups in total. The molecule has 0 amide bonds. The van der Waals surface area contributed by atoms with E-state index in [9.17, 15) is 0 Å². The second-order valence-electron chi connectivity index (χ2n) is 7.14. The molecule has 7 nitrogen and oxygen atoms in total. The molecule has 0 aliphatic carbocycles. The summed E-state index contributed by atoms with van der Waals surface area (Å²) in [6.07, 6.45) is 5.68. The first-order chi connectivity index (χ1) is 13.8. The van der Waals surface area contributed by atoms with E-state index >= 15 is 0 Å². The molecule has 0 spiro atoms. The zero-order valence-electron chi connectivity index (χ0n) is 15.4. The maximum absolute atomic E-state index is 5.80. The van der Waals surface area contributed by atoms with Crippen LogP contribution in [0.15, 0.2) is 55.0 Å². The molecule has 1 fully saturated rings. The van der Waals surface area contributed by atoms with Gasteiger partial charge in [0.15, 0.2) is 5.65 Å². The van der Waals surface area contributed by atoms with Crippen LogP contribution in [0.25, 0.3) is 22.3 Å². The number of nitrogens with two attached hydrogens (primary N) is 1. The Bertz CT molecular complexity index is 1110. The minimum absolute atomic E-state index is 0.331. The van der Waals surface area contributed by atoms with Gasteiger partial charge in [0, 0.05) is 19.0 Å². The van der Waals surface area contributed by atoms with Crippen LogP contribution in [0.4, 0.5) is 11.6 Å². The van der Waals surface area contributed by atoms with Crippen LogP contribution in [-0.2, 0) is 0 Å². The molecular formula is C21H21N7. The molecule has 1 aromatic carbocycles. The SMILES string of the molecule is Nc1ccc2c(N3CCCC(c4ncc(-c5ccccc5)[nH]4)C3)ncnc2n1. The highest BCUT2D eigenvalue weighted by Gasteiger charge is 2.26. The van der Waals surface area contributed by atoms with Crippen LogP contribution in [0.3, 0.4) is 0 Å². The van der Waals surface area contributed by atoms with Crippen molar-refractivity contribution >= 4 is 22.7 Å². The highest BCUT2D eigenvalue weighted by molar-refractivity contribution is 5.87. The van der Waals surface area contributed by atoms with Gasteiger partial charge >= 0.3 is 0 Å². The minimum Gasteiger partial charge on any atom is -0.384 e. The molecule has 0 saturated carbocycles. The van der Waals surface area contributed by atoms with Gasteiger partial charge in [0.1, 0.15) is 23.8 Å². The summed E-state index contributed by atoms with van der Waals surface area (Å²) in [6, 6.07) is 14.0. The summed E-state index contributed by atoms with van der Waals surface area (Å²) in [6.45, 7) is 1.82. The van der Waals surface area contributed by atoms with E-state index in [-0.39, 0.29) is 0 Å². The highest BCUT2D eigenvalue weighted by atomic mass is 15.2. The molecule has 0 bridgehead atoms. The normalized spacial score (nSPS) is 17.1. The molecule has 1 aliphatic heterocycles. The molecule has 5 rings (SSSR count). The van der Waals surface area contributed by atoms with E-state index < -0.39 is 0 Å². The lowest BCUT2D eigenvalue weighted by molar-refractivity contribution is 0.492. The summed E-state index contributed by atoms with van der Waals surface area (Å²) >= 11 is 0. The van der Waals surface area contributed by atoms with E-state index in [1.165, 1.54) is 0 Å². The Balaban J connectivity index is 1.42. The van der Waals surface area contributed by atoms with Crippen LogP contribution < -0.4 is 10.6 Å². The third kappa shape index (κ3) is 3.05. The van der Waals surface area contributed by atoms with Gasteiger partial charge in [-0.3, -0.25) is 0 Å². The van der Waals surface area contributed by atoms with Gasteiger partial charge in [0.2, 0.25) is 0 Å². The zero-order chi connectivity index (χ0) is 18.9. The first-order valence-corrected chi connectivity index (χ1v) is 9.50. The Morgan fingerprint density at radius 1 is 1.04 bits per heavy atom. The maximum atomic E-state index is 5.80. The van der Waals surface area contributed by atoms with Gasteiger partial charge in [-0.15, -0.1) is 0 Å². The molecule has 4 heterocycles. The fourth-order valence-corrected chi connectivity index (χ4v) is 3.90. The minimum atomic E-state index is 0.331. The molecule has 7 heteroatoms. The fraction of sp³-hybridized carbons (Fsp3) is 0.238. The summed E-state index contributed by atoms with van der Waals surface area (Å²) in [5, 5.41) is 0.932. The van der Waals surface area contributed by atoms with E-state index in [4.69, 9.17) is 5.73 Å². The fourth-order valence-electron chi connectivity index (χ4n) is 3.90. The number of aromatic amines is 1. The number of hydrogen-bond donors (Lipinski definition) is 2. The van der Waals surface area contributed by atoms with Gasteiger partial charge in [0.05, 0.1) is 17.3 Å². The number of nitrogens with zero attached hydrogens (tertiary/aromatic N) is 5. The Hall–Kier alpha value is -3.48. The van der Waals surface area contributed by atoms with Crippen molar-refractivity contribution < 1.29 is 0 Å². The average Bonchev–Trinajstić information content (AvgIpc) is 3.24. The second-order valence-corrected chi connectivity index (χ2v) is 7.14. The predicted molar refractivity (Wildman–Crippen MR) is 110 cm³/mol. The van der Waals surface area contributed by atoms with Crippen molar-refractivity contribution in [2.45, 2.75) is 18.8 Å². The van der Waals surface area contributed by atoms with E-state index in [0.717, 1.165) is 54.2 Å². The van der Waals surface area contributed by atoms with Crippen molar-refractivity contribution in [1.82, 2.24) is 24.9 Å². The van der Waals surface area contributed by atoms with Crippen molar-refractivity contribution in [3.63, 3.8) is 0 Å². The van der Waals surface area contributed by atoms with Crippen LogP contribution in [-0.4, -0.2) is 38.0 Å². The Labute approximate surface area is 162 Å². The number of rotatable bonds is 3. The third-order valence-electron chi connectivity index (χ3n) is 5.29. The van der Waals surface area contributed by atoms with Crippen LogP contribution in [0.2, 0.25) is 0 Å². The van der Waals surface area contributed by atoms with E-state index in [1.54, 1.807) is 12.4 Å². The average molecular weight is 371 g/mol. The first kappa shape index (κ1) is 16.7. The van der Waals surface area contributed by atoms with Crippen molar-refractivity contribution in [3.8, 4) is 11.3 Å². The Morgan fingerprint density at radius 3 is 2.82 bits per heavy atom. The number of H-pyrrole nitrogens is 1. The number of fused-ring (bicyclic) bond motifs is 1. The summed E-state index contributed by atoms with van der Waals surface area (Å²) in [4.78, 5) is 23.6. The molecule has 140 valence electrons. The molecular weight excluding hydrogens is 350 g/mol. The number of nitrogen functional groups attached to an aromatic ring is 1. The first-order valence-electron chi connectivity index (χ1n) is 9.50. The molecule has 28 heavy (non-hydrogen) atoms. The molecule has 1 aliphatic rings.